The number of anilines is 3. The van der Waals surface area contributed by atoms with Crippen LogP contribution < -0.4 is 4.90 Å². The summed E-state index contributed by atoms with van der Waals surface area (Å²) in [7, 11) is 0. The van der Waals surface area contributed by atoms with Crippen molar-refractivity contribution in [1.82, 2.24) is 0 Å². The van der Waals surface area contributed by atoms with E-state index >= 15 is 0 Å². The van der Waals surface area contributed by atoms with Crippen LogP contribution in [0, 0.1) is 0 Å². The van der Waals surface area contributed by atoms with Gasteiger partial charge in [0.05, 0.1) is 16.1 Å². The van der Waals surface area contributed by atoms with E-state index in [-0.39, 0.29) is 5.41 Å². The zero-order valence-corrected chi connectivity index (χ0v) is 30.6. The first-order valence-corrected chi connectivity index (χ1v) is 19.2. The van der Waals surface area contributed by atoms with Gasteiger partial charge in [-0.05, 0) is 86.5 Å². The molecule has 0 unspecified atom stereocenters. The normalized spacial score (nSPS) is 12.9. The van der Waals surface area contributed by atoms with Crippen LogP contribution in [0.15, 0.2) is 188 Å². The van der Waals surface area contributed by atoms with E-state index in [2.05, 4.69) is 207 Å². The van der Waals surface area contributed by atoms with Crippen molar-refractivity contribution >= 4 is 48.6 Å². The van der Waals surface area contributed by atoms with E-state index in [4.69, 9.17) is 0 Å². The van der Waals surface area contributed by atoms with Crippen molar-refractivity contribution in [2.24, 2.45) is 0 Å². The summed E-state index contributed by atoms with van der Waals surface area (Å²) in [4.78, 5) is 2.50. The number of hydrogen-bond donors (Lipinski definition) is 0. The zero-order chi connectivity index (χ0) is 35.5. The van der Waals surface area contributed by atoms with Crippen LogP contribution in [0.25, 0.3) is 64.7 Å². The molecule has 1 nitrogen and oxygen atoms in total. The summed E-state index contributed by atoms with van der Waals surface area (Å²) in [5.74, 6) is 0. The average Bonchev–Trinajstić information content (AvgIpc) is 3.71. The van der Waals surface area contributed by atoms with E-state index in [9.17, 15) is 0 Å². The van der Waals surface area contributed by atoms with Gasteiger partial charge in [0.25, 0.3) is 0 Å². The van der Waals surface area contributed by atoms with Crippen LogP contribution in [0.1, 0.15) is 25.0 Å². The molecule has 9 aromatic rings. The zero-order valence-electron chi connectivity index (χ0n) is 29.8. The molecule has 1 aromatic heterocycles. The van der Waals surface area contributed by atoms with Gasteiger partial charge in [0.2, 0.25) is 0 Å². The Bertz CT molecular complexity index is 2790. The van der Waals surface area contributed by atoms with Crippen molar-refractivity contribution < 1.29 is 0 Å². The quantitative estimate of drug-likeness (QED) is 0.167. The Morgan fingerprint density at radius 2 is 0.943 bits per heavy atom. The summed E-state index contributed by atoms with van der Waals surface area (Å²) in [6.07, 6.45) is 0. The van der Waals surface area contributed by atoms with Gasteiger partial charge in [-0.1, -0.05) is 166 Å². The molecule has 1 heterocycles. The van der Waals surface area contributed by atoms with Gasteiger partial charge in [-0.3, -0.25) is 0 Å². The van der Waals surface area contributed by atoms with Gasteiger partial charge in [-0.2, -0.15) is 0 Å². The van der Waals surface area contributed by atoms with Crippen molar-refractivity contribution in [3.63, 3.8) is 0 Å². The van der Waals surface area contributed by atoms with Gasteiger partial charge in [0.1, 0.15) is 0 Å². The van der Waals surface area contributed by atoms with Gasteiger partial charge < -0.3 is 4.90 Å². The molecule has 0 saturated carbocycles. The highest BCUT2D eigenvalue weighted by Crippen LogP contribution is 2.53. The highest BCUT2D eigenvalue weighted by Gasteiger charge is 2.36. The standard InChI is InChI=1S/C51H37NS/c1-51(2)45-32-38(36-26-24-35(25-27-36)34-14-5-3-6-15-34)28-30-41(45)42-31-29-39(33-46(42)51)52(47-21-11-9-18-40(47)37-16-7-4-8-17-37)48-22-13-20-44-43-19-10-12-23-49(43)53-50(44)48/h3-33H,1-2H3. The molecule has 0 radical (unpaired) electrons. The lowest BCUT2D eigenvalue weighted by molar-refractivity contribution is 0.660. The van der Waals surface area contributed by atoms with Crippen molar-refractivity contribution in [3.8, 4) is 44.5 Å². The van der Waals surface area contributed by atoms with E-state index in [1.54, 1.807) is 0 Å². The van der Waals surface area contributed by atoms with E-state index in [0.717, 1.165) is 11.4 Å². The molecule has 53 heavy (non-hydrogen) atoms. The SMILES string of the molecule is CC1(C)c2cc(-c3ccc(-c4ccccc4)cc3)ccc2-c2ccc(N(c3ccccc3-c3ccccc3)c3cccc4c3sc3ccccc34)cc21. The van der Waals surface area contributed by atoms with E-state index in [1.165, 1.54) is 81.5 Å². The Kier molecular flexibility index (Phi) is 7.42. The number of hydrogen-bond acceptors (Lipinski definition) is 2. The second-order valence-electron chi connectivity index (χ2n) is 14.5. The Labute approximate surface area is 315 Å². The molecular formula is C51H37NS. The molecule has 2 heteroatoms. The van der Waals surface area contributed by atoms with Crippen LogP contribution in [0.3, 0.4) is 0 Å². The summed E-state index contributed by atoms with van der Waals surface area (Å²) in [6, 6.07) is 69.0. The van der Waals surface area contributed by atoms with Crippen molar-refractivity contribution in [1.29, 1.82) is 0 Å². The van der Waals surface area contributed by atoms with Gasteiger partial charge in [-0.25, -0.2) is 0 Å². The fraction of sp³-hybridized carbons (Fsp3) is 0.0588. The fourth-order valence-electron chi connectivity index (χ4n) is 8.38. The Morgan fingerprint density at radius 3 is 1.72 bits per heavy atom. The maximum Gasteiger partial charge on any atom is 0.0640 e. The minimum absolute atomic E-state index is 0.186. The molecular weight excluding hydrogens is 659 g/mol. The first-order chi connectivity index (χ1) is 26.0. The monoisotopic (exact) mass is 695 g/mol. The molecule has 0 bridgehead atoms. The lowest BCUT2D eigenvalue weighted by Crippen LogP contribution is -2.17. The van der Waals surface area contributed by atoms with Crippen molar-refractivity contribution in [2.75, 3.05) is 4.90 Å². The Morgan fingerprint density at radius 1 is 0.396 bits per heavy atom. The molecule has 252 valence electrons. The lowest BCUT2D eigenvalue weighted by atomic mass is 9.81. The fourth-order valence-corrected chi connectivity index (χ4v) is 9.58. The van der Waals surface area contributed by atoms with E-state index in [0.29, 0.717) is 0 Å². The van der Waals surface area contributed by atoms with Crippen LogP contribution in [-0.2, 0) is 5.41 Å². The third-order valence-electron chi connectivity index (χ3n) is 11.1. The van der Waals surface area contributed by atoms with Crippen molar-refractivity contribution in [2.45, 2.75) is 19.3 Å². The molecule has 1 aliphatic rings. The minimum Gasteiger partial charge on any atom is -0.308 e. The molecule has 0 N–H and O–H groups in total. The number of fused-ring (bicyclic) bond motifs is 6. The molecule has 0 fully saturated rings. The van der Waals surface area contributed by atoms with Crippen LogP contribution in [0.2, 0.25) is 0 Å². The summed E-state index contributed by atoms with van der Waals surface area (Å²) in [6.45, 7) is 4.78. The molecule has 0 amide bonds. The second kappa shape index (κ2) is 12.5. The number of para-hydroxylation sites is 1. The Balaban J connectivity index is 1.11. The van der Waals surface area contributed by atoms with Crippen LogP contribution in [0.5, 0.6) is 0 Å². The average molecular weight is 696 g/mol. The molecule has 1 aliphatic carbocycles. The van der Waals surface area contributed by atoms with Gasteiger partial charge in [0.15, 0.2) is 0 Å². The highest BCUT2D eigenvalue weighted by atomic mass is 32.1. The number of thiophene rings is 1. The lowest BCUT2D eigenvalue weighted by Gasteiger charge is -2.30. The first-order valence-electron chi connectivity index (χ1n) is 18.3. The topological polar surface area (TPSA) is 3.24 Å². The van der Waals surface area contributed by atoms with Gasteiger partial charge >= 0.3 is 0 Å². The smallest absolute Gasteiger partial charge is 0.0640 e. The maximum atomic E-state index is 2.50. The predicted molar refractivity (Wildman–Crippen MR) is 228 cm³/mol. The van der Waals surface area contributed by atoms with Crippen LogP contribution in [0.4, 0.5) is 17.1 Å². The van der Waals surface area contributed by atoms with Crippen LogP contribution >= 0.6 is 11.3 Å². The molecule has 10 rings (SSSR count). The molecule has 0 spiro atoms. The molecule has 0 saturated heterocycles. The Hall–Kier alpha value is -6.22. The minimum atomic E-state index is -0.186. The summed E-state index contributed by atoms with van der Waals surface area (Å²) in [5.41, 5.74) is 16.1. The summed E-state index contributed by atoms with van der Waals surface area (Å²) >= 11 is 1.88. The summed E-state index contributed by atoms with van der Waals surface area (Å²) < 4.78 is 2.60. The first kappa shape index (κ1) is 31.5. The van der Waals surface area contributed by atoms with Gasteiger partial charge in [0, 0.05) is 32.1 Å². The van der Waals surface area contributed by atoms with E-state index in [1.807, 2.05) is 11.3 Å². The van der Waals surface area contributed by atoms with Gasteiger partial charge in [-0.15, -0.1) is 11.3 Å². The second-order valence-corrected chi connectivity index (χ2v) is 15.6. The molecule has 8 aromatic carbocycles. The summed E-state index contributed by atoms with van der Waals surface area (Å²) in [5, 5.41) is 2.60. The van der Waals surface area contributed by atoms with Crippen molar-refractivity contribution in [3.05, 3.63) is 199 Å². The predicted octanol–water partition coefficient (Wildman–Crippen LogP) is 14.8. The number of nitrogens with zero attached hydrogens (tertiary/aromatic N) is 1. The third-order valence-corrected chi connectivity index (χ3v) is 12.3. The third kappa shape index (κ3) is 5.21. The maximum absolute atomic E-state index is 2.50. The molecule has 0 atom stereocenters. The number of rotatable bonds is 6. The largest absolute Gasteiger partial charge is 0.308 e. The van der Waals surface area contributed by atoms with E-state index < -0.39 is 0 Å². The molecule has 0 aliphatic heterocycles. The highest BCUT2D eigenvalue weighted by molar-refractivity contribution is 7.26. The van der Waals surface area contributed by atoms with Crippen LogP contribution in [-0.4, -0.2) is 0 Å². The number of benzene rings is 8.